The summed E-state index contributed by atoms with van der Waals surface area (Å²) in [4.78, 5) is 34.0. The van der Waals surface area contributed by atoms with Crippen molar-refractivity contribution < 1.29 is 24.6 Å². The smallest absolute Gasteiger partial charge is 0.323 e. The molecule has 7 heteroatoms. The Balaban J connectivity index is 2.63. The van der Waals surface area contributed by atoms with Gasteiger partial charge in [0.05, 0.1) is 5.92 Å². The first-order valence-corrected chi connectivity index (χ1v) is 5.44. The zero-order valence-corrected chi connectivity index (χ0v) is 9.39. The molecule has 1 heterocycles. The van der Waals surface area contributed by atoms with E-state index in [1.54, 1.807) is 0 Å². The lowest BCUT2D eigenvalue weighted by atomic mass is 9.98. The summed E-state index contributed by atoms with van der Waals surface area (Å²) in [6, 6.07) is 0. The minimum Gasteiger partial charge on any atom is -0.480 e. The van der Waals surface area contributed by atoms with Crippen molar-refractivity contribution in [2.45, 2.75) is 12.8 Å². The Bertz CT molecular complexity index is 296. The Labute approximate surface area is 98.4 Å². The van der Waals surface area contributed by atoms with Crippen LogP contribution in [-0.2, 0) is 14.4 Å². The summed E-state index contributed by atoms with van der Waals surface area (Å²) < 4.78 is 0. The van der Waals surface area contributed by atoms with Crippen LogP contribution in [0.3, 0.4) is 0 Å². The molecular weight excluding hydrogens is 228 g/mol. The van der Waals surface area contributed by atoms with E-state index in [9.17, 15) is 14.4 Å². The molecule has 0 radical (unpaired) electrons. The van der Waals surface area contributed by atoms with Gasteiger partial charge in [-0.15, -0.1) is 0 Å². The maximum atomic E-state index is 11.9. The normalized spacial score (nSPS) is 19.6. The monoisotopic (exact) mass is 244 g/mol. The molecule has 0 bridgehead atoms. The van der Waals surface area contributed by atoms with Crippen LogP contribution < -0.4 is 5.32 Å². The lowest BCUT2D eigenvalue weighted by Crippen LogP contribution is -2.46. The molecule has 1 atom stereocenters. The van der Waals surface area contributed by atoms with Crippen molar-refractivity contribution in [1.29, 1.82) is 0 Å². The number of carbonyl (C=O) groups excluding carboxylic acids is 1. The van der Waals surface area contributed by atoms with Crippen molar-refractivity contribution in [3.63, 3.8) is 0 Å². The predicted molar refractivity (Wildman–Crippen MR) is 57.4 cm³/mol. The molecule has 1 fully saturated rings. The van der Waals surface area contributed by atoms with E-state index in [4.69, 9.17) is 10.2 Å². The van der Waals surface area contributed by atoms with Gasteiger partial charge in [0.15, 0.2) is 0 Å². The third-order valence-corrected chi connectivity index (χ3v) is 2.61. The van der Waals surface area contributed by atoms with Gasteiger partial charge in [0.2, 0.25) is 5.91 Å². The number of piperidine rings is 1. The summed E-state index contributed by atoms with van der Waals surface area (Å²) >= 11 is 0. The quantitative estimate of drug-likeness (QED) is 0.571. The fourth-order valence-corrected chi connectivity index (χ4v) is 1.86. The van der Waals surface area contributed by atoms with Gasteiger partial charge in [-0.2, -0.15) is 0 Å². The average molecular weight is 244 g/mol. The number of hydrogen-bond acceptors (Lipinski definition) is 4. The second-order valence-electron chi connectivity index (χ2n) is 4.03. The van der Waals surface area contributed by atoms with Crippen molar-refractivity contribution in [1.82, 2.24) is 10.2 Å². The summed E-state index contributed by atoms with van der Waals surface area (Å²) in [7, 11) is 0. The van der Waals surface area contributed by atoms with Crippen LogP contribution in [0.25, 0.3) is 0 Å². The van der Waals surface area contributed by atoms with Gasteiger partial charge in [-0.05, 0) is 19.4 Å². The number of carboxylic acids is 2. The first-order valence-electron chi connectivity index (χ1n) is 5.44. The zero-order chi connectivity index (χ0) is 12.8. The Morgan fingerprint density at radius 3 is 2.18 bits per heavy atom. The average Bonchev–Trinajstić information content (AvgIpc) is 2.27. The first kappa shape index (κ1) is 13.4. The van der Waals surface area contributed by atoms with Crippen molar-refractivity contribution >= 4 is 17.8 Å². The van der Waals surface area contributed by atoms with E-state index in [1.165, 1.54) is 0 Å². The summed E-state index contributed by atoms with van der Waals surface area (Å²) in [6.07, 6.45) is 1.51. The molecular formula is C10H16N2O5. The molecule has 0 saturated carbocycles. The molecule has 1 aliphatic rings. The molecule has 0 aliphatic carbocycles. The summed E-state index contributed by atoms with van der Waals surface area (Å²) in [6.45, 7) is 0.180. The lowest BCUT2D eigenvalue weighted by Gasteiger charge is -2.27. The number of rotatable bonds is 5. The number of carboxylic acid groups (broad SMARTS) is 2. The van der Waals surface area contributed by atoms with Crippen LogP contribution in [0.5, 0.6) is 0 Å². The van der Waals surface area contributed by atoms with Gasteiger partial charge >= 0.3 is 11.9 Å². The minimum absolute atomic E-state index is 0.317. The topological polar surface area (TPSA) is 107 Å². The molecule has 17 heavy (non-hydrogen) atoms. The molecule has 1 saturated heterocycles. The number of hydrogen-bond donors (Lipinski definition) is 3. The molecule has 0 spiro atoms. The number of aliphatic carboxylic acids is 2. The summed E-state index contributed by atoms with van der Waals surface area (Å²) in [5, 5.41) is 20.3. The van der Waals surface area contributed by atoms with E-state index >= 15 is 0 Å². The number of nitrogens with one attached hydrogen (secondary N) is 1. The molecule has 96 valence electrons. The Hall–Kier alpha value is -1.63. The largest absolute Gasteiger partial charge is 0.480 e. The van der Waals surface area contributed by atoms with Crippen LogP contribution in [0.4, 0.5) is 0 Å². The fourth-order valence-electron chi connectivity index (χ4n) is 1.86. The molecule has 1 amide bonds. The maximum absolute atomic E-state index is 11.9. The second kappa shape index (κ2) is 6.19. The standard InChI is InChI=1S/C10H16N2O5/c13-8(14)5-12(6-9(15)16)10(17)7-2-1-3-11-4-7/h7,11H,1-6H2,(H,13,14)(H,15,16)/t7-/m1/s1. The van der Waals surface area contributed by atoms with E-state index in [-0.39, 0.29) is 5.92 Å². The van der Waals surface area contributed by atoms with Crippen LogP contribution in [0, 0.1) is 5.92 Å². The van der Waals surface area contributed by atoms with Gasteiger partial charge < -0.3 is 20.4 Å². The van der Waals surface area contributed by atoms with Crippen molar-refractivity contribution in [2.24, 2.45) is 5.92 Å². The SMILES string of the molecule is O=C(O)CN(CC(=O)O)C(=O)[C@@H]1CCCNC1. The van der Waals surface area contributed by atoms with Crippen LogP contribution in [0.15, 0.2) is 0 Å². The molecule has 0 aromatic rings. The number of amides is 1. The van der Waals surface area contributed by atoms with Crippen molar-refractivity contribution in [3.05, 3.63) is 0 Å². The van der Waals surface area contributed by atoms with Gasteiger partial charge in [-0.25, -0.2) is 0 Å². The van der Waals surface area contributed by atoms with E-state index in [2.05, 4.69) is 5.32 Å². The third-order valence-electron chi connectivity index (χ3n) is 2.61. The predicted octanol–water partition coefficient (Wildman–Crippen LogP) is -1.02. The van der Waals surface area contributed by atoms with Crippen LogP contribution >= 0.6 is 0 Å². The van der Waals surface area contributed by atoms with Crippen molar-refractivity contribution in [3.8, 4) is 0 Å². The van der Waals surface area contributed by atoms with E-state index in [1.807, 2.05) is 0 Å². The maximum Gasteiger partial charge on any atom is 0.323 e. The zero-order valence-electron chi connectivity index (χ0n) is 9.39. The first-order chi connectivity index (χ1) is 8.00. The highest BCUT2D eigenvalue weighted by atomic mass is 16.4. The molecule has 0 aromatic carbocycles. The summed E-state index contributed by atoms with van der Waals surface area (Å²) in [5.41, 5.74) is 0. The fraction of sp³-hybridized carbons (Fsp3) is 0.700. The van der Waals surface area contributed by atoms with Crippen LogP contribution in [0.1, 0.15) is 12.8 Å². The summed E-state index contributed by atoms with van der Waals surface area (Å²) in [5.74, 6) is -3.13. The van der Waals surface area contributed by atoms with Crippen LogP contribution in [-0.4, -0.2) is 59.1 Å². The Morgan fingerprint density at radius 2 is 1.76 bits per heavy atom. The van der Waals surface area contributed by atoms with E-state index in [0.29, 0.717) is 13.0 Å². The minimum atomic E-state index is -1.21. The van der Waals surface area contributed by atoms with E-state index in [0.717, 1.165) is 17.9 Å². The molecule has 0 unspecified atom stereocenters. The molecule has 1 rings (SSSR count). The molecule has 3 N–H and O–H groups in total. The number of nitrogens with zero attached hydrogens (tertiary/aromatic N) is 1. The second-order valence-corrected chi connectivity index (χ2v) is 4.03. The molecule has 1 aliphatic heterocycles. The van der Waals surface area contributed by atoms with E-state index < -0.39 is 30.9 Å². The van der Waals surface area contributed by atoms with Gasteiger partial charge in [0, 0.05) is 6.54 Å². The molecule has 0 aromatic heterocycles. The third kappa shape index (κ3) is 4.39. The lowest BCUT2D eigenvalue weighted by molar-refractivity contribution is -0.151. The van der Waals surface area contributed by atoms with Gasteiger partial charge in [0.1, 0.15) is 13.1 Å². The van der Waals surface area contributed by atoms with Gasteiger partial charge in [-0.1, -0.05) is 0 Å². The highest BCUT2D eigenvalue weighted by Gasteiger charge is 2.28. The Morgan fingerprint density at radius 1 is 1.18 bits per heavy atom. The van der Waals surface area contributed by atoms with Gasteiger partial charge in [0.25, 0.3) is 0 Å². The van der Waals surface area contributed by atoms with Crippen LogP contribution in [0.2, 0.25) is 0 Å². The highest BCUT2D eigenvalue weighted by molar-refractivity contribution is 5.86. The molecule has 7 nitrogen and oxygen atoms in total. The van der Waals surface area contributed by atoms with Gasteiger partial charge in [-0.3, -0.25) is 14.4 Å². The highest BCUT2D eigenvalue weighted by Crippen LogP contribution is 2.13. The number of carbonyl (C=O) groups is 3. The Kier molecular flexibility index (Phi) is 4.89. The van der Waals surface area contributed by atoms with Crippen molar-refractivity contribution in [2.75, 3.05) is 26.2 Å².